The molecule has 1 N–H and O–H groups in total. The van der Waals surface area contributed by atoms with Crippen molar-refractivity contribution in [1.82, 2.24) is 15.1 Å². The Bertz CT molecular complexity index is 307. The predicted octanol–water partition coefficient (Wildman–Crippen LogP) is 1.66. The summed E-state index contributed by atoms with van der Waals surface area (Å²) in [5, 5.41) is 7.90. The van der Waals surface area contributed by atoms with Crippen LogP contribution in [0.5, 0.6) is 0 Å². The van der Waals surface area contributed by atoms with Gasteiger partial charge in [0.05, 0.1) is 6.54 Å². The van der Waals surface area contributed by atoms with Crippen molar-refractivity contribution < 1.29 is 0 Å². The van der Waals surface area contributed by atoms with E-state index >= 15 is 0 Å². The van der Waals surface area contributed by atoms with Crippen LogP contribution >= 0.6 is 0 Å². The number of rotatable bonds is 4. The maximum atomic E-state index is 4.20. The molecule has 2 saturated carbocycles. The zero-order valence-electron chi connectivity index (χ0n) is 9.10. The van der Waals surface area contributed by atoms with E-state index in [1.165, 1.54) is 25.7 Å². The van der Waals surface area contributed by atoms with Crippen LogP contribution in [-0.4, -0.2) is 22.4 Å². The molecule has 2 aliphatic carbocycles. The molecule has 2 bridgehead atoms. The van der Waals surface area contributed by atoms with E-state index in [1.807, 2.05) is 23.1 Å². The number of hydrogen-bond acceptors (Lipinski definition) is 2. The highest BCUT2D eigenvalue weighted by Gasteiger charge is 2.38. The highest BCUT2D eigenvalue weighted by atomic mass is 15.3. The Kier molecular flexibility index (Phi) is 2.49. The maximum absolute atomic E-state index is 4.20. The molecular formula is C12H19N3. The summed E-state index contributed by atoms with van der Waals surface area (Å²) in [5.41, 5.74) is 0. The minimum absolute atomic E-state index is 0.805. The Hall–Kier alpha value is -0.830. The normalized spacial score (nSPS) is 33.7. The Morgan fingerprint density at radius 1 is 1.33 bits per heavy atom. The Morgan fingerprint density at radius 2 is 2.33 bits per heavy atom. The molecular weight excluding hydrogens is 186 g/mol. The van der Waals surface area contributed by atoms with Gasteiger partial charge >= 0.3 is 0 Å². The number of hydrogen-bond donors (Lipinski definition) is 1. The summed E-state index contributed by atoms with van der Waals surface area (Å²) < 4.78 is 2.00. The van der Waals surface area contributed by atoms with E-state index in [9.17, 15) is 0 Å². The lowest BCUT2D eigenvalue weighted by atomic mass is 9.95. The first kappa shape index (κ1) is 9.40. The second-order valence-corrected chi connectivity index (χ2v) is 5.00. The van der Waals surface area contributed by atoms with E-state index < -0.39 is 0 Å². The summed E-state index contributed by atoms with van der Waals surface area (Å²) in [4.78, 5) is 0. The van der Waals surface area contributed by atoms with Crippen molar-refractivity contribution in [2.45, 2.75) is 38.3 Å². The quantitative estimate of drug-likeness (QED) is 0.810. The molecule has 3 rings (SSSR count). The van der Waals surface area contributed by atoms with E-state index in [-0.39, 0.29) is 0 Å². The molecule has 0 radical (unpaired) electrons. The average Bonchev–Trinajstić information content (AvgIpc) is 2.93. The van der Waals surface area contributed by atoms with Crippen LogP contribution in [-0.2, 0) is 6.54 Å². The average molecular weight is 205 g/mol. The molecule has 3 atom stereocenters. The van der Waals surface area contributed by atoms with Gasteiger partial charge in [-0.05, 0) is 37.2 Å². The van der Waals surface area contributed by atoms with Gasteiger partial charge in [0.1, 0.15) is 0 Å². The third-order valence-corrected chi connectivity index (χ3v) is 4.04. The Balaban J connectivity index is 1.43. The molecule has 2 fully saturated rings. The summed E-state index contributed by atoms with van der Waals surface area (Å²) in [6.07, 6.45) is 9.73. The number of nitrogens with zero attached hydrogens (tertiary/aromatic N) is 2. The van der Waals surface area contributed by atoms with Gasteiger partial charge in [-0.15, -0.1) is 0 Å². The van der Waals surface area contributed by atoms with E-state index in [0.717, 1.165) is 31.0 Å². The van der Waals surface area contributed by atoms with Crippen molar-refractivity contribution >= 4 is 0 Å². The van der Waals surface area contributed by atoms with Gasteiger partial charge in [0, 0.05) is 25.0 Å². The standard InChI is InChI=1S/C12H19N3/c1-4-14-15(6-1)7-5-13-12-9-10-2-3-11(12)8-10/h1,4,6,10-13H,2-3,5,7-9H2. The first-order valence-corrected chi connectivity index (χ1v) is 6.12. The third kappa shape index (κ3) is 1.93. The van der Waals surface area contributed by atoms with Gasteiger partial charge in [-0.3, -0.25) is 4.68 Å². The van der Waals surface area contributed by atoms with Crippen LogP contribution in [0.25, 0.3) is 0 Å². The SMILES string of the molecule is c1cnn(CCNC2CC3CCC2C3)c1. The lowest BCUT2D eigenvalue weighted by molar-refractivity contribution is 0.344. The van der Waals surface area contributed by atoms with Crippen molar-refractivity contribution in [3.05, 3.63) is 18.5 Å². The molecule has 0 amide bonds. The zero-order chi connectivity index (χ0) is 10.1. The summed E-state index contributed by atoms with van der Waals surface area (Å²) >= 11 is 0. The molecule has 3 nitrogen and oxygen atoms in total. The molecule has 0 saturated heterocycles. The van der Waals surface area contributed by atoms with Gasteiger partial charge in [0.15, 0.2) is 0 Å². The van der Waals surface area contributed by atoms with E-state index in [4.69, 9.17) is 0 Å². The van der Waals surface area contributed by atoms with E-state index in [1.54, 1.807) is 0 Å². The van der Waals surface area contributed by atoms with E-state index in [0.29, 0.717) is 0 Å². The summed E-state index contributed by atoms with van der Waals surface area (Å²) in [5.74, 6) is 2.02. The Labute approximate surface area is 90.9 Å². The van der Waals surface area contributed by atoms with Crippen LogP contribution < -0.4 is 5.32 Å². The molecule has 15 heavy (non-hydrogen) atoms. The maximum Gasteiger partial charge on any atom is 0.0534 e. The zero-order valence-corrected chi connectivity index (χ0v) is 9.10. The van der Waals surface area contributed by atoms with Gasteiger partial charge in [-0.1, -0.05) is 6.42 Å². The minimum atomic E-state index is 0.805. The van der Waals surface area contributed by atoms with Crippen LogP contribution in [0.15, 0.2) is 18.5 Å². The summed E-state index contributed by atoms with van der Waals surface area (Å²) in [6.45, 7) is 2.07. The molecule has 0 spiro atoms. The fourth-order valence-corrected chi connectivity index (χ4v) is 3.29. The first-order chi connectivity index (χ1) is 7.42. The molecule has 3 heteroatoms. The van der Waals surface area contributed by atoms with Gasteiger partial charge in [-0.25, -0.2) is 0 Å². The fourth-order valence-electron chi connectivity index (χ4n) is 3.29. The van der Waals surface area contributed by atoms with Crippen molar-refractivity contribution in [3.63, 3.8) is 0 Å². The molecule has 82 valence electrons. The van der Waals surface area contributed by atoms with Crippen LogP contribution in [0.1, 0.15) is 25.7 Å². The summed E-state index contributed by atoms with van der Waals surface area (Å²) in [6, 6.07) is 2.79. The number of nitrogens with one attached hydrogen (secondary N) is 1. The lowest BCUT2D eigenvalue weighted by Gasteiger charge is -2.22. The monoisotopic (exact) mass is 205 g/mol. The van der Waals surface area contributed by atoms with Gasteiger partial charge in [-0.2, -0.15) is 5.10 Å². The minimum Gasteiger partial charge on any atom is -0.312 e. The molecule has 2 aliphatic rings. The second-order valence-electron chi connectivity index (χ2n) is 5.00. The third-order valence-electron chi connectivity index (χ3n) is 4.04. The number of fused-ring (bicyclic) bond motifs is 2. The molecule has 3 unspecified atom stereocenters. The van der Waals surface area contributed by atoms with E-state index in [2.05, 4.69) is 10.4 Å². The fraction of sp³-hybridized carbons (Fsp3) is 0.750. The van der Waals surface area contributed by atoms with Gasteiger partial charge < -0.3 is 5.32 Å². The van der Waals surface area contributed by atoms with Crippen LogP contribution in [0, 0.1) is 11.8 Å². The highest BCUT2D eigenvalue weighted by Crippen LogP contribution is 2.44. The highest BCUT2D eigenvalue weighted by molar-refractivity contribution is 4.94. The van der Waals surface area contributed by atoms with Crippen molar-refractivity contribution in [2.24, 2.45) is 11.8 Å². The molecule has 1 heterocycles. The topological polar surface area (TPSA) is 29.9 Å². The van der Waals surface area contributed by atoms with Crippen LogP contribution in [0.3, 0.4) is 0 Å². The van der Waals surface area contributed by atoms with Gasteiger partial charge in [0.2, 0.25) is 0 Å². The predicted molar refractivity (Wildman–Crippen MR) is 59.5 cm³/mol. The molecule has 1 aromatic rings. The molecule has 0 aromatic carbocycles. The molecule has 0 aliphatic heterocycles. The smallest absolute Gasteiger partial charge is 0.0534 e. The first-order valence-electron chi connectivity index (χ1n) is 6.12. The van der Waals surface area contributed by atoms with Crippen LogP contribution in [0.4, 0.5) is 0 Å². The second kappa shape index (κ2) is 3.97. The summed E-state index contributed by atoms with van der Waals surface area (Å²) in [7, 11) is 0. The van der Waals surface area contributed by atoms with Crippen molar-refractivity contribution in [3.8, 4) is 0 Å². The van der Waals surface area contributed by atoms with Gasteiger partial charge in [0.25, 0.3) is 0 Å². The molecule has 1 aromatic heterocycles. The van der Waals surface area contributed by atoms with Crippen molar-refractivity contribution in [2.75, 3.05) is 6.54 Å². The van der Waals surface area contributed by atoms with Crippen molar-refractivity contribution in [1.29, 1.82) is 0 Å². The Morgan fingerprint density at radius 3 is 3.00 bits per heavy atom. The number of aromatic nitrogens is 2. The largest absolute Gasteiger partial charge is 0.312 e. The lowest BCUT2D eigenvalue weighted by Crippen LogP contribution is -2.35. The van der Waals surface area contributed by atoms with Crippen LogP contribution in [0.2, 0.25) is 0 Å².